The SMILES string of the molecule is CCCCOC(=O)C(OC(=O)c1ccc(CC(C)C)cc1)c1ccccc1. The van der Waals surface area contributed by atoms with Gasteiger partial charge < -0.3 is 9.47 Å². The Bertz CT molecular complexity index is 720. The number of unbranched alkanes of at least 4 members (excludes halogenated alkanes) is 1. The molecule has 27 heavy (non-hydrogen) atoms. The first kappa shape index (κ1) is 20.7. The lowest BCUT2D eigenvalue weighted by Gasteiger charge is -2.17. The van der Waals surface area contributed by atoms with E-state index in [0.29, 0.717) is 23.7 Å². The Morgan fingerprint density at radius 1 is 0.963 bits per heavy atom. The maximum Gasteiger partial charge on any atom is 0.352 e. The van der Waals surface area contributed by atoms with Crippen LogP contribution in [-0.4, -0.2) is 18.5 Å². The molecule has 0 heterocycles. The molecule has 0 amide bonds. The minimum absolute atomic E-state index is 0.320. The summed E-state index contributed by atoms with van der Waals surface area (Å²) in [5, 5.41) is 0. The number of esters is 2. The second kappa shape index (κ2) is 10.5. The molecule has 0 aliphatic rings. The highest BCUT2D eigenvalue weighted by Crippen LogP contribution is 2.21. The van der Waals surface area contributed by atoms with Gasteiger partial charge in [0.15, 0.2) is 0 Å². The van der Waals surface area contributed by atoms with Crippen LogP contribution in [0.4, 0.5) is 0 Å². The van der Waals surface area contributed by atoms with Crippen molar-refractivity contribution >= 4 is 11.9 Å². The molecule has 4 heteroatoms. The molecule has 2 aromatic carbocycles. The highest BCUT2D eigenvalue weighted by Gasteiger charge is 2.27. The van der Waals surface area contributed by atoms with E-state index in [1.54, 1.807) is 36.4 Å². The van der Waals surface area contributed by atoms with E-state index in [-0.39, 0.29) is 0 Å². The highest BCUT2D eigenvalue weighted by molar-refractivity contribution is 5.91. The van der Waals surface area contributed by atoms with Gasteiger partial charge in [0.05, 0.1) is 12.2 Å². The maximum absolute atomic E-state index is 12.6. The quantitative estimate of drug-likeness (QED) is 0.455. The van der Waals surface area contributed by atoms with E-state index in [1.165, 1.54) is 5.56 Å². The van der Waals surface area contributed by atoms with Crippen LogP contribution in [0.3, 0.4) is 0 Å². The molecule has 2 rings (SSSR count). The summed E-state index contributed by atoms with van der Waals surface area (Å²) in [6, 6.07) is 16.3. The number of hydrogen-bond acceptors (Lipinski definition) is 4. The van der Waals surface area contributed by atoms with Crippen molar-refractivity contribution in [3.8, 4) is 0 Å². The van der Waals surface area contributed by atoms with Crippen LogP contribution in [0, 0.1) is 5.92 Å². The Morgan fingerprint density at radius 2 is 1.63 bits per heavy atom. The molecule has 0 aliphatic carbocycles. The molecule has 0 saturated heterocycles. The van der Waals surface area contributed by atoms with Gasteiger partial charge in [0, 0.05) is 5.56 Å². The second-order valence-corrected chi connectivity index (χ2v) is 7.01. The topological polar surface area (TPSA) is 52.6 Å². The molecule has 0 fully saturated rings. The fraction of sp³-hybridized carbons (Fsp3) is 0.391. The minimum atomic E-state index is -1.06. The number of ether oxygens (including phenoxy) is 2. The summed E-state index contributed by atoms with van der Waals surface area (Å²) in [4.78, 5) is 25.0. The molecule has 1 unspecified atom stereocenters. The van der Waals surface area contributed by atoms with Crippen LogP contribution in [0.1, 0.15) is 61.2 Å². The van der Waals surface area contributed by atoms with Gasteiger partial charge in [-0.05, 0) is 36.5 Å². The van der Waals surface area contributed by atoms with Gasteiger partial charge in [-0.2, -0.15) is 0 Å². The van der Waals surface area contributed by atoms with Crippen molar-refractivity contribution < 1.29 is 19.1 Å². The summed E-state index contributed by atoms with van der Waals surface area (Å²) in [7, 11) is 0. The summed E-state index contributed by atoms with van der Waals surface area (Å²) in [5.41, 5.74) is 2.19. The zero-order chi connectivity index (χ0) is 19.6. The molecule has 4 nitrogen and oxygen atoms in total. The van der Waals surface area contributed by atoms with E-state index < -0.39 is 18.0 Å². The van der Waals surface area contributed by atoms with Crippen LogP contribution in [0.2, 0.25) is 0 Å². The van der Waals surface area contributed by atoms with Crippen LogP contribution >= 0.6 is 0 Å². The lowest BCUT2D eigenvalue weighted by Crippen LogP contribution is -2.22. The molecule has 0 saturated carbocycles. The Balaban J connectivity index is 2.11. The molecule has 1 atom stereocenters. The van der Waals surface area contributed by atoms with Crippen LogP contribution in [-0.2, 0) is 20.7 Å². The van der Waals surface area contributed by atoms with E-state index in [2.05, 4.69) is 13.8 Å². The van der Waals surface area contributed by atoms with Gasteiger partial charge in [0.2, 0.25) is 6.10 Å². The summed E-state index contributed by atoms with van der Waals surface area (Å²) in [6.45, 7) is 6.64. The molecule has 0 aliphatic heterocycles. The highest BCUT2D eigenvalue weighted by atomic mass is 16.6. The smallest absolute Gasteiger partial charge is 0.352 e. The number of hydrogen-bond donors (Lipinski definition) is 0. The van der Waals surface area contributed by atoms with E-state index in [0.717, 1.165) is 19.3 Å². The molecule has 0 bridgehead atoms. The third kappa shape index (κ3) is 6.55. The van der Waals surface area contributed by atoms with Gasteiger partial charge >= 0.3 is 11.9 Å². The third-order valence-corrected chi connectivity index (χ3v) is 4.12. The fourth-order valence-electron chi connectivity index (χ4n) is 2.70. The molecule has 2 aromatic rings. The zero-order valence-electron chi connectivity index (χ0n) is 16.3. The second-order valence-electron chi connectivity index (χ2n) is 7.01. The summed E-state index contributed by atoms with van der Waals surface area (Å²) in [5.74, 6) is -0.532. The van der Waals surface area contributed by atoms with Crippen molar-refractivity contribution in [3.05, 3.63) is 71.3 Å². The molecule has 0 radical (unpaired) electrons. The van der Waals surface area contributed by atoms with Crippen LogP contribution in [0.25, 0.3) is 0 Å². The number of carbonyl (C=O) groups excluding carboxylic acids is 2. The molecular formula is C23H28O4. The van der Waals surface area contributed by atoms with Crippen molar-refractivity contribution in [1.82, 2.24) is 0 Å². The molecule has 0 aromatic heterocycles. The van der Waals surface area contributed by atoms with E-state index in [4.69, 9.17) is 9.47 Å². The monoisotopic (exact) mass is 368 g/mol. The Kier molecular flexibility index (Phi) is 8.05. The van der Waals surface area contributed by atoms with Gasteiger partial charge in [-0.3, -0.25) is 0 Å². The normalized spacial score (nSPS) is 11.9. The average molecular weight is 368 g/mol. The predicted octanol–water partition coefficient (Wildman–Crippen LogP) is 5.13. The van der Waals surface area contributed by atoms with E-state index in [1.807, 2.05) is 25.1 Å². The predicted molar refractivity (Wildman–Crippen MR) is 105 cm³/mol. The first-order valence-electron chi connectivity index (χ1n) is 9.52. The molecular weight excluding hydrogens is 340 g/mol. The van der Waals surface area contributed by atoms with Gasteiger partial charge in [-0.1, -0.05) is 69.7 Å². The fourth-order valence-corrected chi connectivity index (χ4v) is 2.70. The van der Waals surface area contributed by atoms with E-state index >= 15 is 0 Å². The third-order valence-electron chi connectivity index (χ3n) is 4.12. The van der Waals surface area contributed by atoms with Gasteiger partial charge in [-0.25, -0.2) is 9.59 Å². The van der Waals surface area contributed by atoms with Crippen LogP contribution in [0.15, 0.2) is 54.6 Å². The minimum Gasteiger partial charge on any atom is -0.463 e. The van der Waals surface area contributed by atoms with E-state index in [9.17, 15) is 9.59 Å². The maximum atomic E-state index is 12.6. The van der Waals surface area contributed by atoms with Gasteiger partial charge in [-0.15, -0.1) is 0 Å². The number of carbonyl (C=O) groups is 2. The van der Waals surface area contributed by atoms with Crippen LogP contribution < -0.4 is 0 Å². The van der Waals surface area contributed by atoms with Crippen molar-refractivity contribution in [2.24, 2.45) is 5.92 Å². The molecule has 0 N–H and O–H groups in total. The number of rotatable bonds is 9. The Hall–Kier alpha value is -2.62. The lowest BCUT2D eigenvalue weighted by molar-refractivity contribution is -0.154. The lowest BCUT2D eigenvalue weighted by atomic mass is 10.0. The molecule has 0 spiro atoms. The standard InChI is InChI=1S/C23H28O4/c1-4-5-15-26-23(25)21(19-9-7-6-8-10-19)27-22(24)20-13-11-18(12-14-20)16-17(2)3/h6-14,17,21H,4-5,15-16H2,1-3H3. The van der Waals surface area contributed by atoms with Crippen LogP contribution in [0.5, 0.6) is 0 Å². The Labute approximate surface area is 161 Å². The molecule has 144 valence electrons. The summed E-state index contributed by atoms with van der Waals surface area (Å²) < 4.78 is 10.8. The zero-order valence-corrected chi connectivity index (χ0v) is 16.3. The Morgan fingerprint density at radius 3 is 2.22 bits per heavy atom. The largest absolute Gasteiger partial charge is 0.463 e. The first-order valence-corrected chi connectivity index (χ1v) is 9.52. The van der Waals surface area contributed by atoms with Crippen molar-refractivity contribution in [2.75, 3.05) is 6.61 Å². The van der Waals surface area contributed by atoms with Gasteiger partial charge in [0.25, 0.3) is 0 Å². The number of benzene rings is 2. The van der Waals surface area contributed by atoms with Gasteiger partial charge in [0.1, 0.15) is 0 Å². The average Bonchev–Trinajstić information content (AvgIpc) is 2.67. The van der Waals surface area contributed by atoms with Crippen molar-refractivity contribution in [1.29, 1.82) is 0 Å². The summed E-state index contributed by atoms with van der Waals surface area (Å²) in [6.07, 6.45) is 1.58. The van der Waals surface area contributed by atoms with Crippen molar-refractivity contribution in [3.63, 3.8) is 0 Å². The van der Waals surface area contributed by atoms with Crippen molar-refractivity contribution in [2.45, 2.75) is 46.1 Å². The summed E-state index contributed by atoms with van der Waals surface area (Å²) >= 11 is 0. The first-order chi connectivity index (χ1) is 13.0.